The zero-order chi connectivity index (χ0) is 15.2. The molecule has 0 bridgehead atoms. The molecule has 1 aromatic carbocycles. The van der Waals surface area contributed by atoms with E-state index < -0.39 is 10.0 Å². The molecule has 5 nitrogen and oxygen atoms in total. The van der Waals surface area contributed by atoms with Crippen molar-refractivity contribution in [1.82, 2.24) is 4.72 Å². The number of hydrogen-bond donors (Lipinski definition) is 2. The first-order valence-corrected chi connectivity index (χ1v) is 8.18. The van der Waals surface area contributed by atoms with Crippen LogP contribution in [0.15, 0.2) is 29.2 Å². The highest BCUT2D eigenvalue weighted by Crippen LogP contribution is 2.16. The standard InChI is InChI=1S/C14H24N2O3S/c1-5-16-20(17,18)13-8-6-12(7-9-13)15-11-10-14(2,3)19-4/h6-9,15-16H,5,10-11H2,1-4H3. The van der Waals surface area contributed by atoms with Gasteiger partial charge in [-0.25, -0.2) is 13.1 Å². The highest BCUT2D eigenvalue weighted by Gasteiger charge is 2.15. The van der Waals surface area contributed by atoms with Gasteiger partial charge in [-0.1, -0.05) is 6.92 Å². The number of hydrogen-bond acceptors (Lipinski definition) is 4. The van der Waals surface area contributed by atoms with Crippen molar-refractivity contribution in [3.05, 3.63) is 24.3 Å². The Bertz CT molecular complexity index is 510. The Labute approximate surface area is 121 Å². The Hall–Kier alpha value is -1.11. The van der Waals surface area contributed by atoms with Gasteiger partial charge in [0.25, 0.3) is 0 Å². The fourth-order valence-corrected chi connectivity index (χ4v) is 2.68. The van der Waals surface area contributed by atoms with Crippen molar-refractivity contribution in [1.29, 1.82) is 0 Å². The second-order valence-electron chi connectivity index (χ2n) is 5.17. The minimum atomic E-state index is -3.37. The number of rotatable bonds is 8. The average molecular weight is 300 g/mol. The number of nitrogens with one attached hydrogen (secondary N) is 2. The fraction of sp³-hybridized carbons (Fsp3) is 0.571. The van der Waals surface area contributed by atoms with Crippen LogP contribution in [0.3, 0.4) is 0 Å². The summed E-state index contributed by atoms with van der Waals surface area (Å²) in [5, 5.41) is 3.25. The van der Waals surface area contributed by atoms with E-state index in [1.165, 1.54) is 0 Å². The van der Waals surface area contributed by atoms with E-state index in [4.69, 9.17) is 4.74 Å². The van der Waals surface area contributed by atoms with E-state index in [1.807, 2.05) is 13.8 Å². The van der Waals surface area contributed by atoms with Crippen molar-refractivity contribution in [3.63, 3.8) is 0 Å². The molecule has 0 radical (unpaired) electrons. The Morgan fingerprint density at radius 1 is 1.20 bits per heavy atom. The Kier molecular flexibility index (Phi) is 5.98. The molecule has 20 heavy (non-hydrogen) atoms. The van der Waals surface area contributed by atoms with E-state index in [1.54, 1.807) is 38.3 Å². The molecule has 0 fully saturated rings. The predicted octanol–water partition coefficient (Wildman–Crippen LogP) is 2.21. The van der Waals surface area contributed by atoms with Gasteiger partial charge in [-0.05, 0) is 44.5 Å². The molecule has 0 aliphatic rings. The van der Waals surface area contributed by atoms with Gasteiger partial charge in [-0.2, -0.15) is 0 Å². The van der Waals surface area contributed by atoms with Crippen LogP contribution in [0.25, 0.3) is 0 Å². The van der Waals surface area contributed by atoms with E-state index in [0.717, 1.165) is 18.7 Å². The molecule has 114 valence electrons. The van der Waals surface area contributed by atoms with Crippen LogP contribution in [0.4, 0.5) is 5.69 Å². The molecular weight excluding hydrogens is 276 g/mol. The van der Waals surface area contributed by atoms with Crippen molar-refractivity contribution in [3.8, 4) is 0 Å². The van der Waals surface area contributed by atoms with Gasteiger partial charge in [0.15, 0.2) is 0 Å². The van der Waals surface area contributed by atoms with E-state index in [9.17, 15) is 8.42 Å². The molecule has 1 aromatic rings. The third-order valence-electron chi connectivity index (χ3n) is 3.11. The molecule has 0 saturated carbocycles. The van der Waals surface area contributed by atoms with Gasteiger partial charge in [-0.15, -0.1) is 0 Å². The van der Waals surface area contributed by atoms with E-state index in [0.29, 0.717) is 6.54 Å². The van der Waals surface area contributed by atoms with Crippen LogP contribution in [0, 0.1) is 0 Å². The highest BCUT2D eigenvalue weighted by molar-refractivity contribution is 7.89. The first-order valence-electron chi connectivity index (χ1n) is 6.69. The minimum Gasteiger partial charge on any atom is -0.385 e. The summed E-state index contributed by atoms with van der Waals surface area (Å²) in [7, 11) is -1.68. The number of benzene rings is 1. The van der Waals surface area contributed by atoms with Gasteiger partial charge in [0.05, 0.1) is 10.5 Å². The lowest BCUT2D eigenvalue weighted by Gasteiger charge is -2.23. The normalized spacial score (nSPS) is 12.4. The maximum Gasteiger partial charge on any atom is 0.240 e. The molecule has 0 aliphatic carbocycles. The topological polar surface area (TPSA) is 67.4 Å². The summed E-state index contributed by atoms with van der Waals surface area (Å²) in [5.74, 6) is 0. The van der Waals surface area contributed by atoms with Gasteiger partial charge >= 0.3 is 0 Å². The van der Waals surface area contributed by atoms with Gasteiger partial charge in [0, 0.05) is 25.9 Å². The van der Waals surface area contributed by atoms with Crippen molar-refractivity contribution in [2.45, 2.75) is 37.7 Å². The lowest BCUT2D eigenvalue weighted by atomic mass is 10.1. The number of sulfonamides is 1. The van der Waals surface area contributed by atoms with Crippen LogP contribution in [-0.2, 0) is 14.8 Å². The monoisotopic (exact) mass is 300 g/mol. The molecule has 0 amide bonds. The smallest absolute Gasteiger partial charge is 0.240 e. The maximum absolute atomic E-state index is 11.8. The average Bonchev–Trinajstić information content (AvgIpc) is 2.39. The lowest BCUT2D eigenvalue weighted by Crippen LogP contribution is -2.25. The second-order valence-corrected chi connectivity index (χ2v) is 6.93. The second kappa shape index (κ2) is 7.06. The minimum absolute atomic E-state index is 0.165. The summed E-state index contributed by atoms with van der Waals surface area (Å²) in [6, 6.07) is 6.73. The van der Waals surface area contributed by atoms with Gasteiger partial charge < -0.3 is 10.1 Å². The van der Waals surface area contributed by atoms with Gasteiger partial charge in [0.1, 0.15) is 0 Å². The third kappa shape index (κ3) is 5.11. The van der Waals surface area contributed by atoms with Crippen LogP contribution in [-0.4, -0.2) is 34.2 Å². The fourth-order valence-electron chi connectivity index (χ4n) is 1.64. The molecule has 2 N–H and O–H groups in total. The number of methoxy groups -OCH3 is 1. The summed E-state index contributed by atoms with van der Waals surface area (Å²) in [5.41, 5.74) is 0.730. The summed E-state index contributed by atoms with van der Waals surface area (Å²) in [6.45, 7) is 6.96. The Morgan fingerprint density at radius 3 is 2.30 bits per heavy atom. The van der Waals surface area contributed by atoms with Crippen LogP contribution >= 0.6 is 0 Å². The molecule has 6 heteroatoms. The summed E-state index contributed by atoms with van der Waals surface area (Å²) < 4.78 is 31.4. The Balaban J connectivity index is 2.60. The summed E-state index contributed by atoms with van der Waals surface area (Å²) in [4.78, 5) is 0.280. The zero-order valence-corrected chi connectivity index (χ0v) is 13.4. The molecular formula is C14H24N2O3S. The van der Waals surface area contributed by atoms with Gasteiger partial charge in [-0.3, -0.25) is 0 Å². The first kappa shape index (κ1) is 16.9. The Morgan fingerprint density at radius 2 is 1.80 bits per heavy atom. The quantitative estimate of drug-likeness (QED) is 0.772. The van der Waals surface area contributed by atoms with E-state index >= 15 is 0 Å². The molecule has 0 spiro atoms. The molecule has 0 unspecified atom stereocenters. The molecule has 0 heterocycles. The van der Waals surface area contributed by atoms with Crippen LogP contribution in [0.2, 0.25) is 0 Å². The third-order valence-corrected chi connectivity index (χ3v) is 4.67. The number of ether oxygens (including phenoxy) is 1. The van der Waals surface area contributed by atoms with Crippen LogP contribution in [0.1, 0.15) is 27.2 Å². The van der Waals surface area contributed by atoms with Crippen LogP contribution in [0.5, 0.6) is 0 Å². The van der Waals surface area contributed by atoms with Crippen molar-refractivity contribution < 1.29 is 13.2 Å². The lowest BCUT2D eigenvalue weighted by molar-refractivity contribution is 0.0185. The molecule has 0 atom stereocenters. The van der Waals surface area contributed by atoms with Crippen molar-refractivity contribution in [2.75, 3.05) is 25.5 Å². The predicted molar refractivity (Wildman–Crippen MR) is 81.5 cm³/mol. The highest BCUT2D eigenvalue weighted by atomic mass is 32.2. The molecule has 0 aromatic heterocycles. The summed E-state index contributed by atoms with van der Waals surface area (Å²) >= 11 is 0. The van der Waals surface area contributed by atoms with E-state index in [-0.39, 0.29) is 10.5 Å². The van der Waals surface area contributed by atoms with Crippen LogP contribution < -0.4 is 10.0 Å². The largest absolute Gasteiger partial charge is 0.385 e. The number of anilines is 1. The zero-order valence-electron chi connectivity index (χ0n) is 12.6. The molecule has 1 rings (SSSR count). The van der Waals surface area contributed by atoms with Crippen molar-refractivity contribution in [2.24, 2.45) is 0 Å². The SMILES string of the molecule is CCNS(=O)(=O)c1ccc(NCCC(C)(C)OC)cc1. The molecule has 0 aliphatic heterocycles. The van der Waals surface area contributed by atoms with Crippen molar-refractivity contribution >= 4 is 15.7 Å². The maximum atomic E-state index is 11.8. The van der Waals surface area contributed by atoms with E-state index in [2.05, 4.69) is 10.0 Å². The molecule has 0 saturated heterocycles. The summed E-state index contributed by atoms with van der Waals surface area (Å²) in [6.07, 6.45) is 0.862. The first-order chi connectivity index (χ1) is 9.30. The van der Waals surface area contributed by atoms with Gasteiger partial charge in [0.2, 0.25) is 10.0 Å².